The van der Waals surface area contributed by atoms with Gasteiger partial charge in [0, 0.05) is 38.7 Å². The summed E-state index contributed by atoms with van der Waals surface area (Å²) in [6.07, 6.45) is 2.87. The molecule has 0 amide bonds. The van der Waals surface area contributed by atoms with Crippen LogP contribution in [0.5, 0.6) is 0 Å². The van der Waals surface area contributed by atoms with Crippen LogP contribution in [0.3, 0.4) is 0 Å². The maximum atomic E-state index is 11.0. The molecule has 48 heavy (non-hydrogen) atoms. The largest absolute Gasteiger partial charge is 0.483 e. The van der Waals surface area contributed by atoms with E-state index in [-0.39, 0.29) is 12.4 Å². The fourth-order valence-electron chi connectivity index (χ4n) is 5.67. The molecule has 7 rings (SSSR count). The summed E-state index contributed by atoms with van der Waals surface area (Å²) < 4.78 is 9.61. The Bertz CT molecular complexity index is 1860. The summed E-state index contributed by atoms with van der Waals surface area (Å²) >= 11 is 0. The molecular formula is C32H35N11O5. The third-order valence-corrected chi connectivity index (χ3v) is 7.94. The number of carbonyl (C=O) groups is 1. The van der Waals surface area contributed by atoms with E-state index >= 15 is 0 Å². The number of rotatable bonds is 11. The van der Waals surface area contributed by atoms with Crippen LogP contribution in [0.25, 0.3) is 11.2 Å². The molecule has 1 fully saturated rings. The van der Waals surface area contributed by atoms with Gasteiger partial charge in [-0.3, -0.25) is 14.5 Å². The number of aromatic amines is 1. The molecular weight excluding hydrogens is 618 g/mol. The van der Waals surface area contributed by atoms with E-state index in [2.05, 4.69) is 60.0 Å². The molecule has 1 saturated heterocycles. The molecule has 1 aliphatic rings. The van der Waals surface area contributed by atoms with E-state index in [0.29, 0.717) is 48.3 Å². The number of hydrogen-bond donors (Lipinski definition) is 6. The van der Waals surface area contributed by atoms with Crippen molar-refractivity contribution in [2.45, 2.75) is 36.9 Å². The highest BCUT2D eigenvalue weighted by Gasteiger charge is 2.46. The van der Waals surface area contributed by atoms with Crippen molar-refractivity contribution in [1.29, 1.82) is 0 Å². The van der Waals surface area contributed by atoms with Crippen LogP contribution < -0.4 is 10.6 Å². The highest BCUT2D eigenvalue weighted by molar-refractivity contribution is 5.84. The quantitative estimate of drug-likeness (QED) is 0.111. The number of benzene rings is 2. The molecule has 0 spiro atoms. The first-order chi connectivity index (χ1) is 23.5. The van der Waals surface area contributed by atoms with Crippen LogP contribution in [0.4, 0.5) is 11.8 Å². The summed E-state index contributed by atoms with van der Waals surface area (Å²) in [6.45, 7) is 0.830. The molecule has 6 aromatic rings. The Balaban J connectivity index is 0.00000129. The van der Waals surface area contributed by atoms with Crippen molar-refractivity contribution in [3.63, 3.8) is 0 Å². The lowest BCUT2D eigenvalue weighted by molar-refractivity contribution is -0.122. The zero-order valence-corrected chi connectivity index (χ0v) is 25.9. The van der Waals surface area contributed by atoms with Gasteiger partial charge in [0.05, 0.1) is 18.3 Å². The molecule has 0 bridgehead atoms. The van der Waals surface area contributed by atoms with Gasteiger partial charge in [0.2, 0.25) is 5.95 Å². The molecule has 5 heterocycles. The van der Waals surface area contributed by atoms with Crippen LogP contribution >= 0.6 is 0 Å². The van der Waals surface area contributed by atoms with Gasteiger partial charge in [-0.2, -0.15) is 15.1 Å². The Morgan fingerprint density at radius 1 is 0.958 bits per heavy atom. The van der Waals surface area contributed by atoms with Gasteiger partial charge in [0.25, 0.3) is 6.47 Å². The number of carboxylic acid groups (broad SMARTS) is 1. The molecule has 4 atom stereocenters. The lowest BCUT2D eigenvalue weighted by atomic mass is 9.91. The van der Waals surface area contributed by atoms with Gasteiger partial charge in [-0.15, -0.1) is 0 Å². The number of ether oxygens (including phenoxy) is 1. The second-order valence-electron chi connectivity index (χ2n) is 11.1. The summed E-state index contributed by atoms with van der Waals surface area (Å²) in [5.74, 6) is 1.25. The van der Waals surface area contributed by atoms with Crippen LogP contribution in [0.2, 0.25) is 0 Å². The lowest BCUT2D eigenvalue weighted by Crippen LogP contribution is -2.29. The van der Waals surface area contributed by atoms with Crippen molar-refractivity contribution >= 4 is 29.4 Å². The Labute approximate surface area is 274 Å². The van der Waals surface area contributed by atoms with Crippen LogP contribution in [-0.4, -0.2) is 91.3 Å². The Kier molecular flexibility index (Phi) is 9.94. The molecule has 1 aliphatic heterocycles. The lowest BCUT2D eigenvalue weighted by Gasteiger charge is -2.20. The van der Waals surface area contributed by atoms with Crippen LogP contribution in [0.15, 0.2) is 85.8 Å². The molecule has 16 nitrogen and oxygen atoms in total. The average molecular weight is 654 g/mol. The highest BCUT2D eigenvalue weighted by Crippen LogP contribution is 2.39. The third-order valence-electron chi connectivity index (χ3n) is 7.94. The number of aliphatic hydroxyl groups is 2. The SMILES string of the molecule is Cn1cnc(CCNc2nc(NCC(c3ccccc3)c3ccccc3)c3ncn([C@@H]4O[C@H](c5ncn[nH]5)[C@@H](O)[C@H]4O)c3n2)c1.O=CO. The number of hydrogen-bond acceptors (Lipinski definition) is 12. The molecule has 248 valence electrons. The first-order valence-electron chi connectivity index (χ1n) is 15.2. The predicted molar refractivity (Wildman–Crippen MR) is 174 cm³/mol. The first-order valence-corrected chi connectivity index (χ1v) is 15.2. The van der Waals surface area contributed by atoms with Crippen molar-refractivity contribution in [2.75, 3.05) is 23.7 Å². The van der Waals surface area contributed by atoms with E-state index in [4.69, 9.17) is 24.6 Å². The van der Waals surface area contributed by atoms with E-state index in [0.717, 1.165) is 16.8 Å². The van der Waals surface area contributed by atoms with Crippen molar-refractivity contribution < 1.29 is 24.9 Å². The van der Waals surface area contributed by atoms with E-state index in [1.54, 1.807) is 10.9 Å². The van der Waals surface area contributed by atoms with Crippen molar-refractivity contribution in [1.82, 2.24) is 44.3 Å². The molecule has 2 aromatic carbocycles. The zero-order valence-electron chi connectivity index (χ0n) is 25.9. The Hall–Kier alpha value is -5.71. The average Bonchev–Trinajstić information content (AvgIpc) is 3.92. The van der Waals surface area contributed by atoms with E-state index in [1.807, 2.05) is 54.2 Å². The Morgan fingerprint density at radius 3 is 2.29 bits per heavy atom. The fraction of sp³-hybridized carbons (Fsp3) is 0.281. The van der Waals surface area contributed by atoms with E-state index < -0.39 is 24.5 Å². The second kappa shape index (κ2) is 14.8. The summed E-state index contributed by atoms with van der Waals surface area (Å²) in [4.78, 5) is 31.1. The molecule has 0 aliphatic carbocycles. The standard InChI is InChI=1S/C31H33N11O3.CH2O2/c1-41-15-21(35-17-41)12-13-32-31-38-27(33-14-22(19-8-4-2-5-9-19)20-10-6-3-7-11-20)23-29(39-31)42(18-36-23)30-25(44)24(43)26(45-30)28-34-16-37-40-28;2-1-3/h2-11,15-18,22,24-26,30,43-44H,12-14H2,1H3,(H,34,37,40)(H2,32,33,38,39);1H,(H,2,3)/t24-,25+,26-,30+;/m0./s1. The summed E-state index contributed by atoms with van der Waals surface area (Å²) in [5, 5.41) is 42.1. The number of aromatic nitrogens is 9. The molecule has 0 radical (unpaired) electrons. The van der Waals surface area contributed by atoms with Gasteiger partial charge >= 0.3 is 0 Å². The number of aliphatic hydroxyl groups excluding tert-OH is 2. The normalized spacial score (nSPS) is 18.8. The molecule has 4 aromatic heterocycles. The predicted octanol–water partition coefficient (Wildman–Crippen LogP) is 2.27. The number of anilines is 2. The number of aryl methyl sites for hydroxylation is 1. The summed E-state index contributed by atoms with van der Waals surface area (Å²) in [6, 6.07) is 20.6. The fourth-order valence-corrected chi connectivity index (χ4v) is 5.67. The summed E-state index contributed by atoms with van der Waals surface area (Å²) in [5.41, 5.74) is 4.20. The minimum Gasteiger partial charge on any atom is -0.483 e. The van der Waals surface area contributed by atoms with Gasteiger partial charge < -0.3 is 35.3 Å². The maximum absolute atomic E-state index is 11.0. The maximum Gasteiger partial charge on any atom is 0.290 e. The number of H-pyrrole nitrogens is 1. The number of nitrogens with one attached hydrogen (secondary N) is 3. The van der Waals surface area contributed by atoms with E-state index in [1.165, 1.54) is 12.7 Å². The van der Waals surface area contributed by atoms with Crippen molar-refractivity contribution in [3.8, 4) is 0 Å². The Morgan fingerprint density at radius 2 is 1.67 bits per heavy atom. The van der Waals surface area contributed by atoms with Gasteiger partial charge in [-0.05, 0) is 11.1 Å². The monoisotopic (exact) mass is 653 g/mol. The number of fused-ring (bicyclic) bond motifs is 1. The minimum absolute atomic E-state index is 0.0397. The van der Waals surface area contributed by atoms with Crippen molar-refractivity contribution in [3.05, 3.63) is 108 Å². The van der Waals surface area contributed by atoms with Crippen LogP contribution in [-0.2, 0) is 23.0 Å². The van der Waals surface area contributed by atoms with Gasteiger partial charge in [-0.25, -0.2) is 15.0 Å². The van der Waals surface area contributed by atoms with Gasteiger partial charge in [0.1, 0.15) is 24.6 Å². The third kappa shape index (κ3) is 7.00. The molecule has 6 N–H and O–H groups in total. The van der Waals surface area contributed by atoms with Crippen LogP contribution in [0, 0.1) is 0 Å². The number of nitrogens with zero attached hydrogens (tertiary/aromatic N) is 8. The molecule has 16 heteroatoms. The van der Waals surface area contributed by atoms with E-state index in [9.17, 15) is 10.2 Å². The summed E-state index contributed by atoms with van der Waals surface area (Å²) in [7, 11) is 1.93. The topological polar surface area (TPSA) is 214 Å². The molecule has 0 saturated carbocycles. The number of imidazole rings is 2. The smallest absolute Gasteiger partial charge is 0.290 e. The highest BCUT2D eigenvalue weighted by atomic mass is 16.6. The van der Waals surface area contributed by atoms with Gasteiger partial charge in [0.15, 0.2) is 29.0 Å². The van der Waals surface area contributed by atoms with Crippen molar-refractivity contribution in [2.24, 2.45) is 7.05 Å². The first kappa shape index (κ1) is 32.2. The minimum atomic E-state index is -1.27. The van der Waals surface area contributed by atoms with Gasteiger partial charge in [-0.1, -0.05) is 60.7 Å². The zero-order chi connectivity index (χ0) is 33.5. The molecule has 0 unspecified atom stereocenters. The van der Waals surface area contributed by atoms with Crippen LogP contribution in [0.1, 0.15) is 40.9 Å². The second-order valence-corrected chi connectivity index (χ2v) is 11.1.